The lowest BCUT2D eigenvalue weighted by Crippen LogP contribution is -2.18. The zero-order chi connectivity index (χ0) is 26.0. The highest BCUT2D eigenvalue weighted by Gasteiger charge is 2.22. The second-order valence-electron chi connectivity index (χ2n) is 12.4. The topological polar surface area (TPSA) is 28.7 Å². The summed E-state index contributed by atoms with van der Waals surface area (Å²) in [6.07, 6.45) is 5.73. The number of nitrogens with zero attached hydrogens (tertiary/aromatic N) is 1. The molecule has 0 radical (unpaired) electrons. The van der Waals surface area contributed by atoms with E-state index in [9.17, 15) is 0 Å². The van der Waals surface area contributed by atoms with Crippen molar-refractivity contribution in [3.8, 4) is 0 Å². The van der Waals surface area contributed by atoms with Crippen LogP contribution < -0.4 is 0 Å². The third-order valence-corrected chi connectivity index (χ3v) is 8.13. The summed E-state index contributed by atoms with van der Waals surface area (Å²) in [6.45, 7) is 25.5. The predicted molar refractivity (Wildman–Crippen MR) is 154 cm³/mol. The van der Waals surface area contributed by atoms with E-state index < -0.39 is 0 Å². The fourth-order valence-corrected chi connectivity index (χ4v) is 5.96. The zero-order valence-electron chi connectivity index (χ0n) is 24.3. The van der Waals surface area contributed by atoms with Crippen molar-refractivity contribution in [1.82, 2.24) is 10.2 Å². The quantitative estimate of drug-likeness (QED) is 0.391. The summed E-state index contributed by atoms with van der Waals surface area (Å²) in [5, 5.41) is 10.0. The third-order valence-electron chi connectivity index (χ3n) is 8.13. The summed E-state index contributed by atoms with van der Waals surface area (Å²) < 4.78 is 0. The minimum atomic E-state index is 0.572. The first kappa shape index (κ1) is 27.5. The van der Waals surface area contributed by atoms with Gasteiger partial charge in [0.05, 0.1) is 6.20 Å². The number of rotatable bonds is 5. The Morgan fingerprint density at radius 2 is 1.34 bits per heavy atom. The van der Waals surface area contributed by atoms with Gasteiger partial charge in [-0.2, -0.15) is 5.10 Å². The number of benzene rings is 2. The average molecular weight is 475 g/mol. The Morgan fingerprint density at radius 3 is 1.89 bits per heavy atom. The highest BCUT2D eigenvalue weighted by molar-refractivity contribution is 5.89. The summed E-state index contributed by atoms with van der Waals surface area (Å²) in [5.74, 6) is 3.97. The van der Waals surface area contributed by atoms with E-state index in [-0.39, 0.29) is 0 Å². The molecule has 35 heavy (non-hydrogen) atoms. The van der Waals surface area contributed by atoms with Gasteiger partial charge in [-0.25, -0.2) is 0 Å². The molecule has 4 rings (SSSR count). The molecule has 1 aromatic heterocycles. The monoisotopic (exact) mass is 474 g/mol. The Morgan fingerprint density at radius 1 is 0.771 bits per heavy atom. The Hall–Kier alpha value is -2.09. The van der Waals surface area contributed by atoms with Gasteiger partial charge in [0, 0.05) is 5.69 Å². The molecule has 0 aliphatic heterocycles. The van der Waals surface area contributed by atoms with Crippen LogP contribution in [0, 0.1) is 18.8 Å². The summed E-state index contributed by atoms with van der Waals surface area (Å²) >= 11 is 0. The number of fused-ring (bicyclic) bond motifs is 2. The van der Waals surface area contributed by atoms with Gasteiger partial charge >= 0.3 is 0 Å². The first-order chi connectivity index (χ1) is 16.4. The Bertz CT molecular complexity index is 1120. The standard InChI is InChI=1S/C23H34.C10H16N2/c1-13(2)19-10-18-11-21(15(5)6)23(16(7)8)17(9)22(18)12-20(19)14(3)4;1-7(2)8-3-4-10-9(5-8)6-11-12-10/h10-16H,1-9H3;6-8H,3-5H2,1-2H3,(H,11,12). The van der Waals surface area contributed by atoms with Crippen LogP contribution in [0.4, 0.5) is 0 Å². The number of nitrogens with one attached hydrogen (secondary N) is 1. The largest absolute Gasteiger partial charge is 0.282 e. The minimum Gasteiger partial charge on any atom is -0.282 e. The molecular formula is C33H50N2. The van der Waals surface area contributed by atoms with Crippen LogP contribution in [0.15, 0.2) is 24.4 Å². The molecule has 1 N–H and O–H groups in total. The molecule has 2 aromatic carbocycles. The number of aromatic amines is 1. The Kier molecular flexibility index (Phi) is 8.89. The number of aryl methyl sites for hydroxylation is 2. The van der Waals surface area contributed by atoms with Crippen LogP contribution in [0.1, 0.15) is 138 Å². The first-order valence-corrected chi connectivity index (χ1v) is 14.0. The van der Waals surface area contributed by atoms with Crippen LogP contribution in [0.3, 0.4) is 0 Å². The van der Waals surface area contributed by atoms with Crippen molar-refractivity contribution in [2.45, 2.75) is 119 Å². The van der Waals surface area contributed by atoms with Crippen molar-refractivity contribution in [3.05, 3.63) is 63.5 Å². The molecule has 2 nitrogen and oxygen atoms in total. The smallest absolute Gasteiger partial charge is 0.0522 e. The SMILES string of the molecule is CC(C)C1CCc2[nH]ncc2C1.Cc1c(C(C)C)c(C(C)C)cc2cc(C(C)C)c(C(C)C)cc12. The van der Waals surface area contributed by atoms with Crippen LogP contribution in [-0.4, -0.2) is 10.2 Å². The molecule has 0 spiro atoms. The molecule has 1 heterocycles. The lowest BCUT2D eigenvalue weighted by atomic mass is 9.81. The fraction of sp³-hybridized carbons (Fsp3) is 0.606. The maximum atomic E-state index is 4.07. The summed E-state index contributed by atoms with van der Waals surface area (Å²) in [5.41, 5.74) is 10.4. The lowest BCUT2D eigenvalue weighted by Gasteiger charge is -2.24. The van der Waals surface area contributed by atoms with E-state index in [1.165, 1.54) is 63.5 Å². The Labute approximate surface area is 215 Å². The summed E-state index contributed by atoms with van der Waals surface area (Å²) in [4.78, 5) is 0. The second-order valence-corrected chi connectivity index (χ2v) is 12.4. The number of hydrogen-bond donors (Lipinski definition) is 1. The molecule has 1 aliphatic carbocycles. The lowest BCUT2D eigenvalue weighted by molar-refractivity contribution is 0.342. The molecule has 1 aliphatic rings. The predicted octanol–water partition coefficient (Wildman–Crippen LogP) is 9.81. The van der Waals surface area contributed by atoms with Crippen molar-refractivity contribution in [2.75, 3.05) is 0 Å². The first-order valence-electron chi connectivity index (χ1n) is 14.0. The maximum absolute atomic E-state index is 4.07. The summed E-state index contributed by atoms with van der Waals surface area (Å²) in [7, 11) is 0. The van der Waals surface area contributed by atoms with Gasteiger partial charge in [-0.15, -0.1) is 0 Å². The average Bonchev–Trinajstić information content (AvgIpc) is 3.26. The normalized spacial score (nSPS) is 15.9. The van der Waals surface area contributed by atoms with E-state index in [0.717, 1.165) is 11.8 Å². The molecule has 0 fully saturated rings. The summed E-state index contributed by atoms with van der Waals surface area (Å²) in [6, 6.07) is 7.39. The van der Waals surface area contributed by atoms with Crippen molar-refractivity contribution in [2.24, 2.45) is 11.8 Å². The Balaban J connectivity index is 0.000000237. The molecule has 0 saturated carbocycles. The van der Waals surface area contributed by atoms with Gasteiger partial charge in [-0.05, 0) is 106 Å². The van der Waals surface area contributed by atoms with E-state index in [1.54, 1.807) is 5.56 Å². The van der Waals surface area contributed by atoms with Crippen LogP contribution in [0.5, 0.6) is 0 Å². The van der Waals surface area contributed by atoms with Gasteiger partial charge in [0.15, 0.2) is 0 Å². The molecule has 0 saturated heterocycles. The van der Waals surface area contributed by atoms with Crippen molar-refractivity contribution < 1.29 is 0 Å². The molecule has 1 unspecified atom stereocenters. The van der Waals surface area contributed by atoms with Crippen molar-refractivity contribution in [3.63, 3.8) is 0 Å². The maximum Gasteiger partial charge on any atom is 0.0522 e. The fourth-order valence-electron chi connectivity index (χ4n) is 5.96. The van der Waals surface area contributed by atoms with Gasteiger partial charge < -0.3 is 0 Å². The van der Waals surface area contributed by atoms with Crippen LogP contribution >= 0.6 is 0 Å². The molecule has 192 valence electrons. The molecule has 2 heteroatoms. The molecule has 3 aromatic rings. The minimum absolute atomic E-state index is 0.572. The molecular weight excluding hydrogens is 424 g/mol. The number of H-pyrrole nitrogens is 1. The van der Waals surface area contributed by atoms with E-state index in [0.29, 0.717) is 23.7 Å². The van der Waals surface area contributed by atoms with E-state index >= 15 is 0 Å². The van der Waals surface area contributed by atoms with E-state index in [2.05, 4.69) is 105 Å². The van der Waals surface area contributed by atoms with Crippen molar-refractivity contribution >= 4 is 10.8 Å². The van der Waals surface area contributed by atoms with Crippen LogP contribution in [0.2, 0.25) is 0 Å². The molecule has 0 bridgehead atoms. The van der Waals surface area contributed by atoms with Crippen molar-refractivity contribution in [1.29, 1.82) is 0 Å². The third kappa shape index (κ3) is 6.01. The second kappa shape index (κ2) is 11.3. The highest BCUT2D eigenvalue weighted by atomic mass is 15.1. The van der Waals surface area contributed by atoms with Crippen LogP contribution in [0.25, 0.3) is 10.8 Å². The van der Waals surface area contributed by atoms with E-state index in [4.69, 9.17) is 0 Å². The number of aromatic nitrogens is 2. The van der Waals surface area contributed by atoms with Gasteiger partial charge in [-0.1, -0.05) is 87.4 Å². The molecule has 0 amide bonds. The van der Waals surface area contributed by atoms with Gasteiger partial charge in [0.2, 0.25) is 0 Å². The zero-order valence-corrected chi connectivity index (χ0v) is 24.3. The molecule has 1 atom stereocenters. The highest BCUT2D eigenvalue weighted by Crippen LogP contribution is 2.38. The van der Waals surface area contributed by atoms with Crippen LogP contribution in [-0.2, 0) is 12.8 Å². The number of hydrogen-bond acceptors (Lipinski definition) is 1. The van der Waals surface area contributed by atoms with Gasteiger partial charge in [-0.3, -0.25) is 5.10 Å². The van der Waals surface area contributed by atoms with E-state index in [1.807, 2.05) is 6.20 Å². The van der Waals surface area contributed by atoms with Gasteiger partial charge in [0.1, 0.15) is 0 Å². The van der Waals surface area contributed by atoms with Gasteiger partial charge in [0.25, 0.3) is 0 Å².